The molecular weight excluding hydrogens is 304 g/mol. The highest BCUT2D eigenvalue weighted by atomic mass is 16.1. The van der Waals surface area contributed by atoms with Gasteiger partial charge in [0.1, 0.15) is 0 Å². The number of Topliss-reactive ketones (excluding diaryl/α,β-unsaturated/α-hetero) is 1. The predicted molar refractivity (Wildman–Crippen MR) is 104 cm³/mol. The van der Waals surface area contributed by atoms with Crippen molar-refractivity contribution in [1.82, 2.24) is 0 Å². The van der Waals surface area contributed by atoms with E-state index >= 15 is 0 Å². The van der Waals surface area contributed by atoms with Crippen LogP contribution in [0.5, 0.6) is 0 Å². The number of carbonyl (C=O) groups is 1. The Morgan fingerprint density at radius 3 is 1.48 bits per heavy atom. The Morgan fingerprint density at radius 2 is 1.12 bits per heavy atom. The van der Waals surface area contributed by atoms with Crippen molar-refractivity contribution < 1.29 is 4.79 Å². The van der Waals surface area contributed by atoms with E-state index in [2.05, 4.69) is 53.7 Å². The summed E-state index contributed by atoms with van der Waals surface area (Å²) in [7, 11) is 0. The molecule has 136 valence electrons. The van der Waals surface area contributed by atoms with Crippen LogP contribution in [0.2, 0.25) is 0 Å². The van der Waals surface area contributed by atoms with E-state index in [0.29, 0.717) is 0 Å². The topological polar surface area (TPSA) is 17.1 Å². The second kappa shape index (κ2) is 5.44. The van der Waals surface area contributed by atoms with Crippen LogP contribution in [-0.2, 0) is 4.79 Å². The molecule has 5 aliphatic carbocycles. The lowest BCUT2D eigenvalue weighted by molar-refractivity contribution is -0.114. The minimum Gasteiger partial charge on any atom is -0.289 e. The largest absolute Gasteiger partial charge is 0.289 e. The molecule has 0 radical (unpaired) electrons. The molecule has 4 bridgehead atoms. The molecule has 5 rings (SSSR count). The van der Waals surface area contributed by atoms with Crippen molar-refractivity contribution in [3.63, 3.8) is 0 Å². The summed E-state index contributed by atoms with van der Waals surface area (Å²) in [6, 6.07) is 0. The number of hydrogen-bond acceptors (Lipinski definition) is 1. The number of rotatable bonds is 0. The van der Waals surface area contributed by atoms with Crippen molar-refractivity contribution in [2.75, 3.05) is 0 Å². The van der Waals surface area contributed by atoms with Crippen molar-refractivity contribution in [3.8, 4) is 0 Å². The van der Waals surface area contributed by atoms with Gasteiger partial charge in [-0.25, -0.2) is 0 Å². The maximum atomic E-state index is 13.2. The molecule has 25 heavy (non-hydrogen) atoms. The summed E-state index contributed by atoms with van der Waals surface area (Å²) >= 11 is 0. The van der Waals surface area contributed by atoms with Gasteiger partial charge >= 0.3 is 0 Å². The van der Waals surface area contributed by atoms with Gasteiger partial charge in [0.05, 0.1) is 0 Å². The molecule has 4 saturated carbocycles. The molecule has 1 nitrogen and oxygen atoms in total. The molecule has 0 saturated heterocycles. The zero-order valence-electron chi connectivity index (χ0n) is 16.9. The molecule has 0 heterocycles. The number of hydrogen-bond donors (Lipinski definition) is 0. The zero-order chi connectivity index (χ0) is 18.1. The number of ketones is 1. The number of carbonyl (C=O) groups excluding carboxylic acids is 1. The summed E-state index contributed by atoms with van der Waals surface area (Å²) in [6.45, 7) is 13.1. The highest BCUT2D eigenvalue weighted by molar-refractivity contribution is 6.11. The highest BCUT2D eigenvalue weighted by Gasteiger charge is 2.46. The van der Waals surface area contributed by atoms with E-state index in [-0.39, 0.29) is 16.6 Å². The molecular formula is C24H34O. The fourth-order valence-corrected chi connectivity index (χ4v) is 6.07. The van der Waals surface area contributed by atoms with E-state index in [0.717, 1.165) is 34.8 Å². The second-order valence-corrected chi connectivity index (χ2v) is 11.2. The van der Waals surface area contributed by atoms with Gasteiger partial charge in [-0.1, -0.05) is 47.1 Å². The molecule has 0 aromatic heterocycles. The van der Waals surface area contributed by atoms with Gasteiger partial charge in [0.2, 0.25) is 0 Å². The van der Waals surface area contributed by atoms with Crippen molar-refractivity contribution in [1.29, 1.82) is 0 Å². The maximum Gasteiger partial charge on any atom is 0.186 e. The lowest BCUT2D eigenvalue weighted by Gasteiger charge is -2.52. The van der Waals surface area contributed by atoms with Gasteiger partial charge in [-0.3, -0.25) is 4.79 Å². The van der Waals surface area contributed by atoms with Crippen LogP contribution in [0.3, 0.4) is 0 Å². The first-order valence-electron chi connectivity index (χ1n) is 10.3. The van der Waals surface area contributed by atoms with Crippen molar-refractivity contribution in [2.45, 2.75) is 73.6 Å². The first-order valence-corrected chi connectivity index (χ1v) is 10.3. The van der Waals surface area contributed by atoms with E-state index < -0.39 is 0 Å². The molecule has 0 unspecified atom stereocenters. The summed E-state index contributed by atoms with van der Waals surface area (Å²) in [4.78, 5) is 13.2. The van der Waals surface area contributed by atoms with E-state index in [9.17, 15) is 4.79 Å². The van der Waals surface area contributed by atoms with Crippen LogP contribution < -0.4 is 0 Å². The number of allylic oxidation sites excluding steroid dienone is 6. The van der Waals surface area contributed by atoms with E-state index in [1.807, 2.05) is 0 Å². The molecule has 0 atom stereocenters. The Balaban J connectivity index is 1.86. The molecule has 0 aliphatic heterocycles. The van der Waals surface area contributed by atoms with Crippen LogP contribution in [0, 0.1) is 34.5 Å². The monoisotopic (exact) mass is 338 g/mol. The third kappa shape index (κ3) is 2.88. The molecule has 0 amide bonds. The third-order valence-corrected chi connectivity index (χ3v) is 7.06. The predicted octanol–water partition coefficient (Wildman–Crippen LogP) is 6.27. The molecule has 0 N–H and O–H groups in total. The second-order valence-electron chi connectivity index (χ2n) is 11.2. The lowest BCUT2D eigenvalue weighted by atomic mass is 9.53. The summed E-state index contributed by atoms with van der Waals surface area (Å²) in [5.74, 6) is 3.81. The summed E-state index contributed by atoms with van der Waals surface area (Å²) < 4.78 is 0. The van der Waals surface area contributed by atoms with E-state index in [4.69, 9.17) is 0 Å². The van der Waals surface area contributed by atoms with Gasteiger partial charge < -0.3 is 0 Å². The van der Waals surface area contributed by atoms with Crippen molar-refractivity contribution in [3.05, 3.63) is 34.4 Å². The Bertz CT molecular complexity index is 633. The molecule has 0 aromatic rings. The van der Waals surface area contributed by atoms with Crippen LogP contribution in [0.4, 0.5) is 0 Å². The molecule has 4 fully saturated rings. The van der Waals surface area contributed by atoms with Crippen LogP contribution in [0.15, 0.2) is 34.4 Å². The molecule has 5 aliphatic rings. The molecule has 0 spiro atoms. The van der Waals surface area contributed by atoms with Gasteiger partial charge in [0, 0.05) is 11.1 Å². The van der Waals surface area contributed by atoms with Crippen LogP contribution in [-0.4, -0.2) is 5.78 Å². The van der Waals surface area contributed by atoms with Gasteiger partial charge in [-0.15, -0.1) is 0 Å². The third-order valence-electron chi connectivity index (χ3n) is 7.06. The first kappa shape index (κ1) is 17.3. The standard InChI is InChI=1S/C24H34O/c1-23(2,3)19-12-18(13-20(22(19)25)24(4,5)6)21-16-8-14-7-15(10-16)11-17(21)9-14/h12-17H,7-11H2,1-6H3. The van der Waals surface area contributed by atoms with E-state index in [1.165, 1.54) is 37.7 Å². The van der Waals surface area contributed by atoms with Gasteiger partial charge in [0.25, 0.3) is 0 Å². The Morgan fingerprint density at radius 1 is 0.720 bits per heavy atom. The highest BCUT2D eigenvalue weighted by Crippen LogP contribution is 2.58. The Labute approximate surface area is 153 Å². The quantitative estimate of drug-likeness (QED) is 0.509. The Hall–Kier alpha value is -1.11. The molecule has 0 aromatic carbocycles. The van der Waals surface area contributed by atoms with Gasteiger partial charge in [0.15, 0.2) is 5.78 Å². The van der Waals surface area contributed by atoms with Crippen LogP contribution in [0.25, 0.3) is 0 Å². The summed E-state index contributed by atoms with van der Waals surface area (Å²) in [6.07, 6.45) is 11.6. The average molecular weight is 339 g/mol. The normalized spacial score (nSPS) is 35.2. The summed E-state index contributed by atoms with van der Waals surface area (Å²) in [5, 5.41) is 0. The zero-order valence-corrected chi connectivity index (χ0v) is 16.9. The van der Waals surface area contributed by atoms with E-state index in [1.54, 1.807) is 5.57 Å². The summed E-state index contributed by atoms with van der Waals surface area (Å²) in [5.41, 5.74) is 4.94. The smallest absolute Gasteiger partial charge is 0.186 e. The molecule has 1 heteroatoms. The van der Waals surface area contributed by atoms with Crippen LogP contribution in [0.1, 0.15) is 73.6 Å². The van der Waals surface area contributed by atoms with Gasteiger partial charge in [-0.2, -0.15) is 0 Å². The Kier molecular flexibility index (Phi) is 3.77. The first-order chi connectivity index (χ1) is 11.5. The fourth-order valence-electron chi connectivity index (χ4n) is 6.07. The average Bonchev–Trinajstić information content (AvgIpc) is 2.44. The fraction of sp³-hybridized carbons (Fsp3) is 0.708. The maximum absolute atomic E-state index is 13.2. The van der Waals surface area contributed by atoms with Crippen molar-refractivity contribution >= 4 is 5.78 Å². The van der Waals surface area contributed by atoms with Crippen LogP contribution >= 0.6 is 0 Å². The SMILES string of the molecule is CC(C)(C)C1=CC(=C2C3CC4CC(C3)CC2C4)C=C(C(C)(C)C)C1=O. The van der Waals surface area contributed by atoms with Crippen molar-refractivity contribution in [2.24, 2.45) is 34.5 Å². The lowest BCUT2D eigenvalue weighted by Crippen LogP contribution is -2.41. The van der Waals surface area contributed by atoms with Gasteiger partial charge in [-0.05, 0) is 84.3 Å². The minimum atomic E-state index is -0.0976. The minimum absolute atomic E-state index is 0.0976.